The number of hydrogen-bond acceptors (Lipinski definition) is 4. The van der Waals surface area contributed by atoms with Crippen LogP contribution in [0.5, 0.6) is 5.75 Å². The molecule has 0 radical (unpaired) electrons. The van der Waals surface area contributed by atoms with Gasteiger partial charge in [0.2, 0.25) is 5.95 Å². The Morgan fingerprint density at radius 1 is 1.35 bits per heavy atom. The Bertz CT molecular complexity index is 557. The number of anilines is 2. The fraction of sp³-hybridized carbons (Fsp3) is 0.357. The quantitative estimate of drug-likeness (QED) is 0.796. The van der Waals surface area contributed by atoms with Crippen LogP contribution in [0.15, 0.2) is 30.6 Å². The number of benzene rings is 1. The van der Waals surface area contributed by atoms with Crippen molar-refractivity contribution in [1.29, 1.82) is 0 Å². The molecule has 20 heavy (non-hydrogen) atoms. The summed E-state index contributed by atoms with van der Waals surface area (Å²) in [6.45, 7) is 1.55. The number of rotatable bonds is 7. The van der Waals surface area contributed by atoms with Gasteiger partial charge in [0.15, 0.2) is 0 Å². The molecule has 0 aliphatic rings. The number of halogens is 1. The van der Waals surface area contributed by atoms with Crippen molar-refractivity contribution in [3.8, 4) is 5.75 Å². The van der Waals surface area contributed by atoms with Crippen LogP contribution < -0.4 is 10.1 Å². The Morgan fingerprint density at radius 3 is 2.95 bits per heavy atom. The molecule has 0 atom stereocenters. The third kappa shape index (κ3) is 3.65. The van der Waals surface area contributed by atoms with E-state index in [9.17, 15) is 0 Å². The summed E-state index contributed by atoms with van der Waals surface area (Å²) in [5.41, 5.74) is 0.791. The average Bonchev–Trinajstić information content (AvgIpc) is 2.87. The second-order valence-corrected chi connectivity index (χ2v) is 4.70. The molecule has 1 aromatic carbocycles. The average molecular weight is 296 g/mol. The predicted octanol–water partition coefficient (Wildman–Crippen LogP) is 3.33. The lowest BCUT2D eigenvalue weighted by Crippen LogP contribution is -2.06. The van der Waals surface area contributed by atoms with Gasteiger partial charge in [0.1, 0.15) is 5.75 Å². The van der Waals surface area contributed by atoms with Gasteiger partial charge >= 0.3 is 0 Å². The summed E-state index contributed by atoms with van der Waals surface area (Å²) in [7, 11) is 3.32. The van der Waals surface area contributed by atoms with Gasteiger partial charge in [-0.15, -0.1) is 0 Å². The highest BCUT2D eigenvalue weighted by atomic mass is 35.5. The van der Waals surface area contributed by atoms with Crippen LogP contribution in [0.3, 0.4) is 0 Å². The lowest BCUT2D eigenvalue weighted by Gasteiger charge is -2.13. The van der Waals surface area contributed by atoms with Crippen molar-refractivity contribution in [2.24, 2.45) is 0 Å². The number of nitrogens with one attached hydrogen (secondary N) is 1. The second-order valence-electron chi connectivity index (χ2n) is 4.26. The fourth-order valence-corrected chi connectivity index (χ4v) is 2.06. The van der Waals surface area contributed by atoms with E-state index in [2.05, 4.69) is 10.3 Å². The fourth-order valence-electron chi connectivity index (χ4n) is 1.89. The van der Waals surface area contributed by atoms with Crippen molar-refractivity contribution in [2.75, 3.05) is 26.1 Å². The van der Waals surface area contributed by atoms with Crippen molar-refractivity contribution in [2.45, 2.75) is 13.0 Å². The molecular weight excluding hydrogens is 278 g/mol. The molecule has 0 aliphatic heterocycles. The van der Waals surface area contributed by atoms with Gasteiger partial charge in [-0.05, 0) is 24.6 Å². The number of methoxy groups -OCH3 is 2. The molecule has 5 nitrogen and oxygen atoms in total. The smallest absolute Gasteiger partial charge is 0.207 e. The summed E-state index contributed by atoms with van der Waals surface area (Å²) in [6.07, 6.45) is 4.61. The van der Waals surface area contributed by atoms with Gasteiger partial charge in [-0.1, -0.05) is 11.6 Å². The molecule has 0 spiro atoms. The van der Waals surface area contributed by atoms with Crippen molar-refractivity contribution >= 4 is 23.2 Å². The molecule has 0 amide bonds. The third-order valence-corrected chi connectivity index (χ3v) is 3.11. The van der Waals surface area contributed by atoms with Gasteiger partial charge in [0, 0.05) is 37.7 Å². The summed E-state index contributed by atoms with van der Waals surface area (Å²) < 4.78 is 12.4. The Morgan fingerprint density at radius 2 is 2.20 bits per heavy atom. The Hall–Kier alpha value is -1.72. The van der Waals surface area contributed by atoms with Crippen molar-refractivity contribution in [3.63, 3.8) is 0 Å². The second kappa shape index (κ2) is 7.17. The highest BCUT2D eigenvalue weighted by Gasteiger charge is 2.08. The molecule has 0 aliphatic carbocycles. The van der Waals surface area contributed by atoms with Crippen LogP contribution in [0.2, 0.25) is 5.02 Å². The summed E-state index contributed by atoms with van der Waals surface area (Å²) in [5, 5.41) is 3.89. The van der Waals surface area contributed by atoms with E-state index in [1.807, 2.05) is 22.9 Å². The molecule has 6 heteroatoms. The molecule has 0 unspecified atom stereocenters. The SMILES string of the molecule is COCCCn1ccnc1Nc1cc(Cl)ccc1OC. The van der Waals surface area contributed by atoms with Crippen molar-refractivity contribution < 1.29 is 9.47 Å². The van der Waals surface area contributed by atoms with Crippen LogP contribution in [0.4, 0.5) is 11.6 Å². The van der Waals surface area contributed by atoms with Gasteiger partial charge in [-0.25, -0.2) is 4.98 Å². The topological polar surface area (TPSA) is 48.3 Å². The zero-order chi connectivity index (χ0) is 14.4. The van der Waals surface area contributed by atoms with Gasteiger partial charge in [0.25, 0.3) is 0 Å². The van der Waals surface area contributed by atoms with Crippen LogP contribution >= 0.6 is 11.6 Å². The van der Waals surface area contributed by atoms with Crippen LogP contribution in [-0.4, -0.2) is 30.4 Å². The van der Waals surface area contributed by atoms with Gasteiger partial charge in [0.05, 0.1) is 12.8 Å². The van der Waals surface area contributed by atoms with E-state index in [-0.39, 0.29) is 0 Å². The molecule has 1 aromatic heterocycles. The van der Waals surface area contributed by atoms with Gasteiger partial charge < -0.3 is 19.4 Å². The Balaban J connectivity index is 2.14. The number of aryl methyl sites for hydroxylation is 1. The van der Waals surface area contributed by atoms with Crippen molar-refractivity contribution in [3.05, 3.63) is 35.6 Å². The minimum absolute atomic E-state index is 0.644. The summed E-state index contributed by atoms with van der Waals surface area (Å²) in [4.78, 5) is 4.31. The van der Waals surface area contributed by atoms with Gasteiger partial charge in [-0.2, -0.15) is 0 Å². The third-order valence-electron chi connectivity index (χ3n) is 2.87. The van der Waals surface area contributed by atoms with E-state index in [0.717, 1.165) is 37.0 Å². The molecule has 108 valence electrons. The molecule has 2 rings (SSSR count). The number of nitrogens with zero attached hydrogens (tertiary/aromatic N) is 2. The van der Waals surface area contributed by atoms with E-state index in [4.69, 9.17) is 21.1 Å². The first kappa shape index (κ1) is 14.7. The van der Waals surface area contributed by atoms with E-state index in [0.29, 0.717) is 5.02 Å². The standard InChI is InChI=1S/C14H18ClN3O2/c1-19-9-3-7-18-8-6-16-14(18)17-12-10-11(15)4-5-13(12)20-2/h4-6,8,10H,3,7,9H2,1-2H3,(H,16,17). The molecule has 0 saturated carbocycles. The first-order chi connectivity index (χ1) is 9.74. The number of hydrogen-bond donors (Lipinski definition) is 1. The summed E-state index contributed by atoms with van der Waals surface area (Å²) in [5.74, 6) is 1.47. The zero-order valence-electron chi connectivity index (χ0n) is 11.6. The largest absolute Gasteiger partial charge is 0.495 e. The summed E-state index contributed by atoms with van der Waals surface area (Å²) >= 11 is 6.02. The van der Waals surface area contributed by atoms with E-state index < -0.39 is 0 Å². The first-order valence-electron chi connectivity index (χ1n) is 6.35. The lowest BCUT2D eigenvalue weighted by molar-refractivity contribution is 0.190. The molecule has 1 heterocycles. The molecule has 0 bridgehead atoms. The minimum Gasteiger partial charge on any atom is -0.495 e. The van der Waals surface area contributed by atoms with Crippen molar-refractivity contribution in [1.82, 2.24) is 9.55 Å². The monoisotopic (exact) mass is 295 g/mol. The van der Waals surface area contributed by atoms with Crippen LogP contribution in [0.25, 0.3) is 0 Å². The summed E-state index contributed by atoms with van der Waals surface area (Å²) in [6, 6.07) is 5.42. The van der Waals surface area contributed by atoms with Crippen LogP contribution in [0, 0.1) is 0 Å². The maximum atomic E-state index is 6.02. The minimum atomic E-state index is 0.644. The molecule has 0 fully saturated rings. The van der Waals surface area contributed by atoms with E-state index in [1.54, 1.807) is 26.5 Å². The Kier molecular flexibility index (Phi) is 5.26. The molecular formula is C14H18ClN3O2. The Labute approximate surface area is 123 Å². The zero-order valence-corrected chi connectivity index (χ0v) is 12.4. The van der Waals surface area contributed by atoms with Gasteiger partial charge in [-0.3, -0.25) is 0 Å². The lowest BCUT2D eigenvalue weighted by atomic mass is 10.3. The molecule has 2 aromatic rings. The van der Waals surface area contributed by atoms with Crippen LogP contribution in [-0.2, 0) is 11.3 Å². The normalized spacial score (nSPS) is 10.6. The molecule has 1 N–H and O–H groups in total. The number of ether oxygens (including phenoxy) is 2. The maximum Gasteiger partial charge on any atom is 0.207 e. The van der Waals surface area contributed by atoms with E-state index in [1.165, 1.54) is 0 Å². The number of imidazole rings is 1. The maximum absolute atomic E-state index is 6.02. The van der Waals surface area contributed by atoms with Crippen LogP contribution in [0.1, 0.15) is 6.42 Å². The first-order valence-corrected chi connectivity index (χ1v) is 6.73. The predicted molar refractivity (Wildman–Crippen MR) is 80.0 cm³/mol. The highest BCUT2D eigenvalue weighted by Crippen LogP contribution is 2.29. The number of aromatic nitrogens is 2. The van der Waals surface area contributed by atoms with E-state index >= 15 is 0 Å². The highest BCUT2D eigenvalue weighted by molar-refractivity contribution is 6.30. The molecule has 0 saturated heterocycles.